The van der Waals surface area contributed by atoms with Crippen molar-refractivity contribution in [3.05, 3.63) is 0 Å². The minimum absolute atomic E-state index is 0.159. The van der Waals surface area contributed by atoms with E-state index in [0.29, 0.717) is 0 Å². The molecule has 0 aliphatic heterocycles. The van der Waals surface area contributed by atoms with Gasteiger partial charge in [0.2, 0.25) is 5.78 Å². The molecule has 0 fully saturated rings. The average molecular weight is 221 g/mol. The summed E-state index contributed by atoms with van der Waals surface area (Å²) < 4.78 is 20.7. The van der Waals surface area contributed by atoms with E-state index in [2.05, 4.69) is 4.74 Å². The van der Waals surface area contributed by atoms with E-state index in [1.807, 2.05) is 0 Å². The molecule has 0 aliphatic carbocycles. The van der Waals surface area contributed by atoms with Crippen LogP contribution in [0.15, 0.2) is 0 Å². The van der Waals surface area contributed by atoms with Gasteiger partial charge >= 0.3 is 19.8 Å². The van der Waals surface area contributed by atoms with Crippen molar-refractivity contribution in [2.24, 2.45) is 0 Å². The zero-order valence-corrected chi connectivity index (χ0v) is 9.37. The van der Waals surface area contributed by atoms with Crippen molar-refractivity contribution in [2.75, 3.05) is 6.61 Å². The lowest BCUT2D eigenvalue weighted by Crippen LogP contribution is -2.22. The van der Waals surface area contributed by atoms with Gasteiger partial charge in [0.05, 0.1) is 6.61 Å². The Bertz CT molecular complexity index is 238. The molecule has 0 N–H and O–H groups in total. The molecule has 0 aromatic rings. The number of carbonyl (C=O) groups is 2. The summed E-state index contributed by atoms with van der Waals surface area (Å²) in [6.07, 6.45) is 0.159. The fourth-order valence-electron chi connectivity index (χ4n) is 0.753. The third kappa shape index (κ3) is 4.44. The first-order valence-corrected chi connectivity index (χ1v) is 5.56. The standard InChI is InChI=1S/C8H14O5P/c1-4-7(10)8(13-6(3)9)14(11)12-5-2/h8H,4-5H2,1-3H3/q+1. The molecule has 0 saturated heterocycles. The van der Waals surface area contributed by atoms with E-state index >= 15 is 0 Å². The van der Waals surface area contributed by atoms with Crippen LogP contribution < -0.4 is 0 Å². The van der Waals surface area contributed by atoms with Crippen molar-refractivity contribution in [3.63, 3.8) is 0 Å². The molecular formula is C8H14O5P+. The zero-order chi connectivity index (χ0) is 11.1. The van der Waals surface area contributed by atoms with E-state index in [-0.39, 0.29) is 13.0 Å². The SMILES string of the molecule is CCO[P+](=O)C(OC(C)=O)C(=O)CC. The van der Waals surface area contributed by atoms with Crippen LogP contribution in [0.2, 0.25) is 0 Å². The van der Waals surface area contributed by atoms with Crippen molar-refractivity contribution in [1.29, 1.82) is 0 Å². The van der Waals surface area contributed by atoms with E-state index in [9.17, 15) is 14.2 Å². The van der Waals surface area contributed by atoms with Gasteiger partial charge in [-0.25, -0.2) is 0 Å². The van der Waals surface area contributed by atoms with E-state index in [1.165, 1.54) is 0 Å². The quantitative estimate of drug-likeness (QED) is 0.503. The summed E-state index contributed by atoms with van der Waals surface area (Å²) in [4.78, 5) is 21.8. The lowest BCUT2D eigenvalue weighted by Gasteiger charge is -2.03. The van der Waals surface area contributed by atoms with Crippen LogP contribution in [0, 0.1) is 0 Å². The van der Waals surface area contributed by atoms with Gasteiger partial charge < -0.3 is 4.74 Å². The summed E-state index contributed by atoms with van der Waals surface area (Å²) in [6.45, 7) is 4.62. The van der Waals surface area contributed by atoms with Crippen LogP contribution >= 0.6 is 8.03 Å². The van der Waals surface area contributed by atoms with Crippen LogP contribution in [0.5, 0.6) is 0 Å². The molecule has 2 unspecified atom stereocenters. The van der Waals surface area contributed by atoms with Crippen LogP contribution in [-0.2, 0) is 23.4 Å². The first kappa shape index (κ1) is 13.2. The summed E-state index contributed by atoms with van der Waals surface area (Å²) in [6, 6.07) is 0. The van der Waals surface area contributed by atoms with Gasteiger partial charge in [0.25, 0.3) is 0 Å². The highest BCUT2D eigenvalue weighted by Crippen LogP contribution is 2.31. The molecule has 0 rings (SSSR count). The molecule has 0 aliphatic rings. The lowest BCUT2D eigenvalue weighted by molar-refractivity contribution is -0.148. The Labute approximate surface area is 83.6 Å². The Morgan fingerprint density at radius 3 is 2.29 bits per heavy atom. The van der Waals surface area contributed by atoms with Crippen LogP contribution in [0.25, 0.3) is 0 Å². The highest BCUT2D eigenvalue weighted by atomic mass is 31.1. The summed E-state index contributed by atoms with van der Waals surface area (Å²) >= 11 is 0. The monoisotopic (exact) mass is 221 g/mol. The zero-order valence-electron chi connectivity index (χ0n) is 8.48. The highest BCUT2D eigenvalue weighted by Gasteiger charge is 2.41. The molecular weight excluding hydrogens is 207 g/mol. The van der Waals surface area contributed by atoms with Crippen LogP contribution in [-0.4, -0.2) is 24.2 Å². The van der Waals surface area contributed by atoms with Gasteiger partial charge in [0.1, 0.15) is 0 Å². The maximum Gasteiger partial charge on any atom is 0.562 e. The number of hydrogen-bond donors (Lipinski definition) is 0. The van der Waals surface area contributed by atoms with Gasteiger partial charge in [-0.05, 0) is 11.5 Å². The summed E-state index contributed by atoms with van der Waals surface area (Å²) in [5.41, 5.74) is 0. The second-order valence-electron chi connectivity index (χ2n) is 2.48. The average Bonchev–Trinajstić information content (AvgIpc) is 2.13. The highest BCUT2D eigenvalue weighted by molar-refractivity contribution is 7.41. The van der Waals surface area contributed by atoms with Crippen molar-refractivity contribution in [2.45, 2.75) is 33.0 Å². The minimum Gasteiger partial charge on any atom is -0.408 e. The summed E-state index contributed by atoms with van der Waals surface area (Å²) in [5.74, 6) is -2.29. The lowest BCUT2D eigenvalue weighted by atomic mass is 10.3. The smallest absolute Gasteiger partial charge is 0.408 e. The third-order valence-electron chi connectivity index (χ3n) is 1.35. The Hall–Kier alpha value is -0.800. The maximum absolute atomic E-state index is 11.3. The molecule has 0 aromatic heterocycles. The van der Waals surface area contributed by atoms with Crippen LogP contribution in [0.3, 0.4) is 0 Å². The van der Waals surface area contributed by atoms with Crippen molar-refractivity contribution >= 4 is 19.8 Å². The van der Waals surface area contributed by atoms with Crippen LogP contribution in [0.1, 0.15) is 27.2 Å². The molecule has 6 heteroatoms. The number of rotatable bonds is 6. The predicted octanol–water partition coefficient (Wildman–Crippen LogP) is 1.63. The fourth-order valence-corrected chi connectivity index (χ4v) is 1.80. The Kier molecular flexibility index (Phi) is 6.25. The number of carbonyl (C=O) groups excluding carboxylic acids is 2. The number of Topliss-reactive ketones (excluding diaryl/α,β-unsaturated/α-hetero) is 1. The van der Waals surface area contributed by atoms with Crippen molar-refractivity contribution in [1.82, 2.24) is 0 Å². The first-order valence-electron chi connectivity index (χ1n) is 4.32. The Morgan fingerprint density at radius 1 is 1.36 bits per heavy atom. The second kappa shape index (κ2) is 6.62. The van der Waals surface area contributed by atoms with E-state index in [0.717, 1.165) is 6.92 Å². The van der Waals surface area contributed by atoms with Gasteiger partial charge in [0.15, 0.2) is 0 Å². The third-order valence-corrected chi connectivity index (χ3v) is 2.64. The van der Waals surface area contributed by atoms with Gasteiger partial charge in [-0.3, -0.25) is 9.59 Å². The van der Waals surface area contributed by atoms with Gasteiger partial charge in [0, 0.05) is 13.3 Å². The van der Waals surface area contributed by atoms with Crippen molar-refractivity contribution < 1.29 is 23.4 Å². The van der Waals surface area contributed by atoms with Gasteiger partial charge in [-0.1, -0.05) is 6.92 Å². The molecule has 0 saturated carbocycles. The van der Waals surface area contributed by atoms with E-state index in [4.69, 9.17) is 4.52 Å². The molecule has 0 spiro atoms. The van der Waals surface area contributed by atoms with E-state index < -0.39 is 25.6 Å². The fraction of sp³-hybridized carbons (Fsp3) is 0.750. The number of esters is 1. The molecule has 0 radical (unpaired) electrons. The topological polar surface area (TPSA) is 69.7 Å². The molecule has 2 atom stereocenters. The van der Waals surface area contributed by atoms with Gasteiger partial charge in [-0.2, -0.15) is 0 Å². The molecule has 0 amide bonds. The Morgan fingerprint density at radius 2 is 1.93 bits per heavy atom. The maximum atomic E-state index is 11.3. The molecule has 14 heavy (non-hydrogen) atoms. The number of ether oxygens (including phenoxy) is 1. The largest absolute Gasteiger partial charge is 0.562 e. The Balaban J connectivity index is 4.45. The minimum atomic E-state index is -2.26. The summed E-state index contributed by atoms with van der Waals surface area (Å²) in [5, 5.41) is 0. The van der Waals surface area contributed by atoms with Gasteiger partial charge in [-0.15, -0.1) is 4.52 Å². The normalized spacial score (nSPS) is 13.2. The predicted molar refractivity (Wildman–Crippen MR) is 50.1 cm³/mol. The molecule has 0 aromatic carbocycles. The number of ketones is 1. The van der Waals surface area contributed by atoms with Crippen molar-refractivity contribution in [3.8, 4) is 0 Å². The van der Waals surface area contributed by atoms with Crippen LogP contribution in [0.4, 0.5) is 0 Å². The number of hydrogen-bond acceptors (Lipinski definition) is 5. The second-order valence-corrected chi connectivity index (χ2v) is 3.78. The summed E-state index contributed by atoms with van der Waals surface area (Å²) in [7, 11) is -2.26. The first-order chi connectivity index (χ1) is 6.52. The molecule has 80 valence electrons. The molecule has 0 bridgehead atoms. The molecule has 0 heterocycles. The molecule has 5 nitrogen and oxygen atoms in total. The van der Waals surface area contributed by atoms with E-state index in [1.54, 1.807) is 13.8 Å².